The average molecular weight is 470 g/mol. The number of carboxylic acid groups (broad SMARTS) is 1. The van der Waals surface area contributed by atoms with Crippen molar-refractivity contribution in [3.63, 3.8) is 0 Å². The van der Waals surface area contributed by atoms with Gasteiger partial charge in [0.05, 0.1) is 33.5 Å². The molecule has 3 aromatic carbocycles. The molecule has 8 heteroatoms. The molecule has 0 fully saturated rings. The highest BCUT2D eigenvalue weighted by molar-refractivity contribution is 7.98. The fourth-order valence-electron chi connectivity index (χ4n) is 3.12. The van der Waals surface area contributed by atoms with Gasteiger partial charge in [0, 0.05) is 5.75 Å². The first-order valence-electron chi connectivity index (χ1n) is 9.29. The number of benzene rings is 3. The fraction of sp³-hybridized carbons (Fsp3) is 0.0870. The maximum Gasteiger partial charge on any atom is 0.262 e. The Kier molecular flexibility index (Phi) is 6.32. The molecule has 1 heterocycles. The Morgan fingerprint density at radius 3 is 2.45 bits per heavy atom. The van der Waals surface area contributed by atoms with Crippen molar-refractivity contribution in [2.45, 2.75) is 17.5 Å². The second-order valence-corrected chi connectivity index (χ2v) is 8.58. The molecule has 4 rings (SSSR count). The van der Waals surface area contributed by atoms with Crippen LogP contribution < -0.4 is 10.7 Å². The monoisotopic (exact) mass is 469 g/mol. The summed E-state index contributed by atoms with van der Waals surface area (Å²) >= 11 is 13.5. The van der Waals surface area contributed by atoms with Gasteiger partial charge in [-0.3, -0.25) is 9.36 Å². The van der Waals surface area contributed by atoms with Gasteiger partial charge in [-0.05, 0) is 41.0 Å². The lowest BCUT2D eigenvalue weighted by Crippen LogP contribution is -2.25. The van der Waals surface area contributed by atoms with Gasteiger partial charge >= 0.3 is 0 Å². The minimum atomic E-state index is -1.32. The maximum absolute atomic E-state index is 13.3. The number of carbonyl (C=O) groups is 1. The van der Waals surface area contributed by atoms with Crippen LogP contribution in [-0.4, -0.2) is 15.5 Å². The molecule has 0 aliphatic carbocycles. The van der Waals surface area contributed by atoms with E-state index in [-0.39, 0.29) is 11.1 Å². The van der Waals surface area contributed by atoms with E-state index >= 15 is 0 Å². The molecule has 0 aliphatic rings. The Morgan fingerprint density at radius 2 is 1.74 bits per heavy atom. The summed E-state index contributed by atoms with van der Waals surface area (Å²) in [6.45, 7) is 0.342. The first kappa shape index (κ1) is 21.4. The molecule has 0 saturated carbocycles. The summed E-state index contributed by atoms with van der Waals surface area (Å²) in [5, 5.41) is 13.0. The molecular weight excluding hydrogens is 455 g/mol. The van der Waals surface area contributed by atoms with Crippen LogP contribution in [0.5, 0.6) is 0 Å². The fourth-order valence-corrected chi connectivity index (χ4v) is 4.38. The van der Waals surface area contributed by atoms with Crippen LogP contribution in [0.25, 0.3) is 10.9 Å². The van der Waals surface area contributed by atoms with Gasteiger partial charge < -0.3 is 9.90 Å². The Hall–Kier alpha value is -2.80. The van der Waals surface area contributed by atoms with Crippen LogP contribution in [0.4, 0.5) is 0 Å². The lowest BCUT2D eigenvalue weighted by Gasteiger charge is -2.14. The molecule has 1 aromatic heterocycles. The zero-order valence-electron chi connectivity index (χ0n) is 16.0. The number of aromatic carboxylic acids is 1. The van der Waals surface area contributed by atoms with Gasteiger partial charge in [0.25, 0.3) is 5.56 Å². The first-order chi connectivity index (χ1) is 14.9. The second-order valence-electron chi connectivity index (χ2n) is 6.83. The van der Waals surface area contributed by atoms with Crippen molar-refractivity contribution in [1.82, 2.24) is 9.55 Å². The van der Waals surface area contributed by atoms with E-state index in [1.807, 2.05) is 36.4 Å². The third kappa shape index (κ3) is 4.77. The van der Waals surface area contributed by atoms with Crippen LogP contribution >= 0.6 is 35.0 Å². The van der Waals surface area contributed by atoms with Crippen LogP contribution in [-0.2, 0) is 12.3 Å². The smallest absolute Gasteiger partial charge is 0.262 e. The van der Waals surface area contributed by atoms with Gasteiger partial charge in [0.1, 0.15) is 0 Å². The minimum absolute atomic E-state index is 0.0272. The van der Waals surface area contributed by atoms with Crippen molar-refractivity contribution in [2.75, 3.05) is 0 Å². The molecule has 31 heavy (non-hydrogen) atoms. The minimum Gasteiger partial charge on any atom is -0.545 e. The van der Waals surface area contributed by atoms with E-state index in [1.54, 1.807) is 16.7 Å². The predicted molar refractivity (Wildman–Crippen MR) is 122 cm³/mol. The number of hydrogen-bond acceptors (Lipinski definition) is 5. The van der Waals surface area contributed by atoms with Crippen molar-refractivity contribution in [3.8, 4) is 0 Å². The van der Waals surface area contributed by atoms with E-state index in [0.29, 0.717) is 38.4 Å². The highest BCUT2D eigenvalue weighted by Gasteiger charge is 2.14. The third-order valence-electron chi connectivity index (χ3n) is 4.69. The summed E-state index contributed by atoms with van der Waals surface area (Å²) in [5.41, 5.74) is 1.92. The third-order valence-corrected chi connectivity index (χ3v) is 6.48. The molecule has 4 aromatic rings. The van der Waals surface area contributed by atoms with Crippen molar-refractivity contribution < 1.29 is 9.90 Å². The molecule has 0 atom stereocenters. The highest BCUT2D eigenvalue weighted by Crippen LogP contribution is 2.27. The zero-order chi connectivity index (χ0) is 22.0. The van der Waals surface area contributed by atoms with Crippen LogP contribution in [0.2, 0.25) is 10.0 Å². The predicted octanol–water partition coefficient (Wildman–Crippen LogP) is 4.41. The first-order valence-corrected chi connectivity index (χ1v) is 11.0. The number of carbonyl (C=O) groups excluding carboxylic acids is 1. The largest absolute Gasteiger partial charge is 0.545 e. The van der Waals surface area contributed by atoms with E-state index in [2.05, 4.69) is 4.98 Å². The molecular formula is C23H15Cl2N2O3S-. The average Bonchev–Trinajstić information content (AvgIpc) is 2.77. The number of thioether (sulfide) groups is 1. The number of carboxylic acids is 1. The lowest BCUT2D eigenvalue weighted by atomic mass is 10.1. The summed E-state index contributed by atoms with van der Waals surface area (Å²) < 4.78 is 1.60. The highest BCUT2D eigenvalue weighted by atomic mass is 35.5. The number of rotatable bonds is 6. The number of nitrogens with zero attached hydrogens (tertiary/aromatic N) is 2. The van der Waals surface area contributed by atoms with Crippen LogP contribution in [0, 0.1) is 0 Å². The molecule has 0 bridgehead atoms. The molecule has 0 saturated heterocycles. The summed E-state index contributed by atoms with van der Waals surface area (Å²) in [4.78, 5) is 29.1. The lowest BCUT2D eigenvalue weighted by molar-refractivity contribution is -0.255. The van der Waals surface area contributed by atoms with Crippen LogP contribution in [0.1, 0.15) is 21.5 Å². The van der Waals surface area contributed by atoms with Gasteiger partial charge in [-0.15, -0.1) is 0 Å². The van der Waals surface area contributed by atoms with Crippen molar-refractivity contribution in [1.29, 1.82) is 0 Å². The van der Waals surface area contributed by atoms with Crippen molar-refractivity contribution >= 4 is 51.8 Å². The Labute approximate surface area is 192 Å². The van der Waals surface area contributed by atoms with E-state index in [9.17, 15) is 14.7 Å². The number of hydrogen-bond donors (Lipinski definition) is 0. The summed E-state index contributed by atoms with van der Waals surface area (Å²) in [7, 11) is 0. The molecule has 5 nitrogen and oxygen atoms in total. The van der Waals surface area contributed by atoms with E-state index < -0.39 is 5.97 Å². The Morgan fingerprint density at radius 1 is 0.968 bits per heavy atom. The topological polar surface area (TPSA) is 75.0 Å². The zero-order valence-corrected chi connectivity index (χ0v) is 18.4. The number of aromatic nitrogens is 2. The van der Waals surface area contributed by atoms with Gasteiger partial charge in [-0.2, -0.15) is 0 Å². The number of halogens is 2. The van der Waals surface area contributed by atoms with Gasteiger partial charge in [0.2, 0.25) is 0 Å². The molecule has 0 N–H and O–H groups in total. The maximum atomic E-state index is 13.3. The Balaban J connectivity index is 1.78. The molecule has 156 valence electrons. The van der Waals surface area contributed by atoms with E-state index in [1.165, 1.54) is 30.0 Å². The van der Waals surface area contributed by atoms with Crippen LogP contribution in [0.3, 0.4) is 0 Å². The SMILES string of the molecule is O=C([O-])c1ccc2c(=O)n(Cc3ccccc3)c(SCc3ccc(Cl)c(Cl)c3)nc2c1. The molecule has 0 aliphatic heterocycles. The van der Waals surface area contributed by atoms with Crippen LogP contribution in [0.15, 0.2) is 76.7 Å². The van der Waals surface area contributed by atoms with Crippen molar-refractivity contribution in [3.05, 3.63) is 104 Å². The molecule has 0 amide bonds. The van der Waals surface area contributed by atoms with Crippen molar-refractivity contribution in [2.24, 2.45) is 0 Å². The van der Waals surface area contributed by atoms with Gasteiger partial charge in [-0.1, -0.05) is 77.4 Å². The summed E-state index contributed by atoms with van der Waals surface area (Å²) in [6.07, 6.45) is 0. The molecule has 0 radical (unpaired) electrons. The van der Waals surface area contributed by atoms with Gasteiger partial charge in [-0.25, -0.2) is 4.98 Å². The summed E-state index contributed by atoms with van der Waals surface area (Å²) in [5.74, 6) is -0.814. The molecule has 0 spiro atoms. The Bertz CT molecular complexity index is 1340. The van der Waals surface area contributed by atoms with Gasteiger partial charge in [0.15, 0.2) is 5.16 Å². The quantitative estimate of drug-likeness (QED) is 0.308. The number of fused-ring (bicyclic) bond motifs is 1. The second kappa shape index (κ2) is 9.14. The van der Waals surface area contributed by atoms with E-state index in [0.717, 1.165) is 11.1 Å². The van der Waals surface area contributed by atoms with E-state index in [4.69, 9.17) is 23.2 Å². The standard InChI is InChI=1S/C23H16Cl2N2O3S/c24-18-9-6-15(10-19(18)25)13-31-23-26-20-11-16(22(29)30)7-8-17(20)21(28)27(23)12-14-4-2-1-3-5-14/h1-11H,12-13H2,(H,29,30)/p-1. The summed E-state index contributed by atoms with van der Waals surface area (Å²) in [6, 6.07) is 19.1. The molecule has 0 unspecified atom stereocenters. The normalized spacial score (nSPS) is 11.0.